The maximum absolute atomic E-state index is 14.0. The van der Waals surface area contributed by atoms with Crippen LogP contribution in [0.4, 0.5) is 5.69 Å². The van der Waals surface area contributed by atoms with E-state index in [-0.39, 0.29) is 57.4 Å². The summed E-state index contributed by atoms with van der Waals surface area (Å²) in [6.07, 6.45) is 0.860. The monoisotopic (exact) mass is 610 g/mol. The number of benzene rings is 3. The second-order valence-electron chi connectivity index (χ2n) is 12.0. The molecule has 8 rings (SSSR count). The lowest BCUT2D eigenvalue weighted by atomic mass is 9.68. The number of amides is 2. The van der Waals surface area contributed by atoms with Crippen LogP contribution in [0.2, 0.25) is 0 Å². The van der Waals surface area contributed by atoms with Crippen molar-refractivity contribution >= 4 is 40.6 Å². The number of hydrogen-bond acceptors (Lipinski definition) is 7. The third-order valence-corrected chi connectivity index (χ3v) is 12.5. The molecular weight excluding hydrogens is 581 g/mol. The highest BCUT2D eigenvalue weighted by molar-refractivity contribution is 8.00. The van der Waals surface area contributed by atoms with E-state index in [0.717, 1.165) is 33.2 Å². The SMILES string of the molecule is COc1ccc(N2C(=O)[C@H]3[C@H]4C[C@@H]([C@@H]3C2=O)[C@H]2[C@H](c3ccc(OCc5ccccc5C)cc3)c3sc(=O)[nH]c3S[C@H]42)cc1. The van der Waals surface area contributed by atoms with Crippen LogP contribution in [0.15, 0.2) is 82.6 Å². The van der Waals surface area contributed by atoms with Gasteiger partial charge in [-0.3, -0.25) is 19.3 Å². The van der Waals surface area contributed by atoms with E-state index in [1.165, 1.54) is 21.8 Å². The molecule has 7 nitrogen and oxygen atoms in total. The van der Waals surface area contributed by atoms with E-state index >= 15 is 0 Å². The van der Waals surface area contributed by atoms with E-state index in [1.807, 2.05) is 24.3 Å². The maximum atomic E-state index is 14.0. The van der Waals surface area contributed by atoms with Crippen molar-refractivity contribution < 1.29 is 19.1 Å². The van der Waals surface area contributed by atoms with Gasteiger partial charge in [0.15, 0.2) is 0 Å². The summed E-state index contributed by atoms with van der Waals surface area (Å²) >= 11 is 2.98. The molecule has 2 aliphatic carbocycles. The van der Waals surface area contributed by atoms with Gasteiger partial charge in [-0.2, -0.15) is 0 Å². The normalized spacial score (nSPS) is 28.5. The van der Waals surface area contributed by atoms with Crippen molar-refractivity contribution in [3.8, 4) is 11.5 Å². The number of rotatable bonds is 6. The average Bonchev–Trinajstić information content (AvgIpc) is 3.76. The summed E-state index contributed by atoms with van der Waals surface area (Å²) in [6.45, 7) is 2.58. The molecule has 0 spiro atoms. The summed E-state index contributed by atoms with van der Waals surface area (Å²) in [4.78, 5) is 45.8. The fourth-order valence-electron chi connectivity index (χ4n) is 8.08. The maximum Gasteiger partial charge on any atom is 0.305 e. The van der Waals surface area contributed by atoms with Crippen LogP contribution >= 0.6 is 23.1 Å². The summed E-state index contributed by atoms with van der Waals surface area (Å²) in [6, 6.07) is 23.6. The molecule has 43 heavy (non-hydrogen) atoms. The molecule has 2 bridgehead atoms. The summed E-state index contributed by atoms with van der Waals surface area (Å²) < 4.78 is 11.4. The number of hydrogen-bond donors (Lipinski definition) is 1. The Bertz CT molecular complexity index is 1800. The minimum atomic E-state index is -0.335. The molecule has 1 N–H and O–H groups in total. The highest BCUT2D eigenvalue weighted by atomic mass is 32.2. The molecular formula is C34H30N2O5S2. The van der Waals surface area contributed by atoms with E-state index in [9.17, 15) is 14.4 Å². The smallest absolute Gasteiger partial charge is 0.305 e. The second-order valence-corrected chi connectivity index (χ2v) is 14.2. The van der Waals surface area contributed by atoms with Crippen LogP contribution in [-0.4, -0.2) is 29.2 Å². The van der Waals surface area contributed by atoms with Crippen LogP contribution < -0.4 is 19.2 Å². The Kier molecular flexibility index (Phi) is 6.31. The van der Waals surface area contributed by atoms with Crippen LogP contribution in [0.5, 0.6) is 11.5 Å². The molecule has 2 amide bonds. The Morgan fingerprint density at radius 2 is 1.58 bits per heavy atom. The van der Waals surface area contributed by atoms with Crippen molar-refractivity contribution in [3.05, 3.63) is 104 Å². The van der Waals surface area contributed by atoms with Gasteiger partial charge in [-0.1, -0.05) is 47.7 Å². The zero-order valence-corrected chi connectivity index (χ0v) is 25.3. The number of aromatic amines is 1. The minimum absolute atomic E-state index is 0.0236. The first-order valence-corrected chi connectivity index (χ1v) is 16.3. The molecule has 1 aromatic heterocycles. The molecule has 4 aromatic rings. The van der Waals surface area contributed by atoms with Gasteiger partial charge in [0.25, 0.3) is 0 Å². The standard InChI is InChI=1S/C34H30N2O5S2/c1-17-5-3-4-6-19(17)16-41-22-11-7-18(8-12-22)25-26-23-15-24(29(26)42-31-30(25)43-34(39)35-31)28-27(23)32(37)36(33(28)38)20-9-13-21(40-2)14-10-20/h3-14,23-29H,15-16H2,1-2H3,(H,35,39)/t23-,24-,25+,26+,27+,28+,29-/m1/s1. The number of ether oxygens (including phenoxy) is 2. The molecule has 9 heteroatoms. The van der Waals surface area contributed by atoms with Gasteiger partial charge in [0.2, 0.25) is 11.8 Å². The molecule has 4 aliphatic rings. The van der Waals surface area contributed by atoms with Gasteiger partial charge in [0.1, 0.15) is 18.1 Å². The number of thioether (sulfide) groups is 1. The molecule has 2 aliphatic heterocycles. The van der Waals surface area contributed by atoms with Crippen molar-refractivity contribution in [1.29, 1.82) is 0 Å². The van der Waals surface area contributed by atoms with Crippen LogP contribution in [0.1, 0.15) is 33.9 Å². The molecule has 3 aromatic carbocycles. The third-order valence-electron chi connectivity index (χ3n) is 9.95. The van der Waals surface area contributed by atoms with E-state index < -0.39 is 0 Å². The minimum Gasteiger partial charge on any atom is -0.497 e. The quantitative estimate of drug-likeness (QED) is 0.269. The van der Waals surface area contributed by atoms with Gasteiger partial charge in [0.05, 0.1) is 29.7 Å². The number of nitrogens with zero attached hydrogens (tertiary/aromatic N) is 1. The molecule has 3 fully saturated rings. The first kappa shape index (κ1) is 26.8. The number of aromatic nitrogens is 1. The first-order chi connectivity index (χ1) is 20.9. The van der Waals surface area contributed by atoms with Gasteiger partial charge in [-0.25, -0.2) is 0 Å². The number of H-pyrrole nitrogens is 1. The molecule has 2 saturated carbocycles. The number of methoxy groups -OCH3 is 1. The largest absolute Gasteiger partial charge is 0.497 e. The second kappa shape index (κ2) is 10.1. The zero-order valence-electron chi connectivity index (χ0n) is 23.7. The lowest BCUT2D eigenvalue weighted by Crippen LogP contribution is -2.42. The number of nitrogens with one attached hydrogen (secondary N) is 1. The molecule has 7 atom stereocenters. The third kappa shape index (κ3) is 4.12. The highest BCUT2D eigenvalue weighted by Gasteiger charge is 2.69. The van der Waals surface area contributed by atoms with Gasteiger partial charge < -0.3 is 14.5 Å². The zero-order chi connectivity index (χ0) is 29.4. The Labute approximate surface area is 257 Å². The first-order valence-electron chi connectivity index (χ1n) is 14.6. The lowest BCUT2D eigenvalue weighted by Gasteiger charge is -2.43. The number of carbonyl (C=O) groups excluding carboxylic acids is 2. The van der Waals surface area contributed by atoms with E-state index in [4.69, 9.17) is 9.47 Å². The molecule has 3 heterocycles. The number of carbonyl (C=O) groups is 2. The fraction of sp³-hybridized carbons (Fsp3) is 0.324. The van der Waals surface area contributed by atoms with Crippen molar-refractivity contribution in [3.63, 3.8) is 0 Å². The van der Waals surface area contributed by atoms with Gasteiger partial charge in [-0.05, 0) is 84.2 Å². The summed E-state index contributed by atoms with van der Waals surface area (Å²) in [5.41, 5.74) is 4.06. The van der Waals surface area contributed by atoms with Crippen molar-refractivity contribution in [1.82, 2.24) is 4.98 Å². The fourth-order valence-corrected chi connectivity index (χ4v) is 11.0. The van der Waals surface area contributed by atoms with Gasteiger partial charge in [-0.15, -0.1) is 11.8 Å². The summed E-state index contributed by atoms with van der Waals surface area (Å²) in [7, 11) is 1.59. The van der Waals surface area contributed by atoms with Gasteiger partial charge >= 0.3 is 4.87 Å². The lowest BCUT2D eigenvalue weighted by molar-refractivity contribution is -0.123. The van der Waals surface area contributed by atoms with Crippen molar-refractivity contribution in [2.75, 3.05) is 12.0 Å². The Hall–Kier alpha value is -3.82. The van der Waals surface area contributed by atoms with Gasteiger partial charge in [0, 0.05) is 16.0 Å². The van der Waals surface area contributed by atoms with Crippen LogP contribution in [0.25, 0.3) is 0 Å². The molecule has 0 radical (unpaired) electrons. The Morgan fingerprint density at radius 3 is 2.30 bits per heavy atom. The number of fused-ring (bicyclic) bond motifs is 9. The number of anilines is 1. The molecule has 0 unspecified atom stereocenters. The van der Waals surface area contributed by atoms with Crippen molar-refractivity contribution in [2.24, 2.45) is 29.6 Å². The number of thiazole rings is 1. The summed E-state index contributed by atoms with van der Waals surface area (Å²) in [5, 5.41) is 1.06. The molecule has 1 saturated heterocycles. The molecule has 218 valence electrons. The summed E-state index contributed by atoms with van der Waals surface area (Å²) in [5.74, 6) is 0.906. The van der Waals surface area contributed by atoms with Crippen LogP contribution in [-0.2, 0) is 16.2 Å². The Morgan fingerprint density at radius 1 is 0.884 bits per heavy atom. The Balaban J connectivity index is 1.11. The average molecular weight is 611 g/mol. The number of aryl methyl sites for hydroxylation is 1. The van der Waals surface area contributed by atoms with E-state index in [1.54, 1.807) is 43.1 Å². The van der Waals surface area contributed by atoms with Crippen LogP contribution in [0, 0.1) is 36.5 Å². The number of imide groups is 1. The van der Waals surface area contributed by atoms with Crippen molar-refractivity contribution in [2.45, 2.75) is 36.1 Å². The highest BCUT2D eigenvalue weighted by Crippen LogP contribution is 2.68. The van der Waals surface area contributed by atoms with E-state index in [2.05, 4.69) is 36.2 Å². The predicted octanol–water partition coefficient (Wildman–Crippen LogP) is 6.01. The predicted molar refractivity (Wildman–Crippen MR) is 166 cm³/mol. The van der Waals surface area contributed by atoms with E-state index in [0.29, 0.717) is 18.0 Å². The topological polar surface area (TPSA) is 88.7 Å². The van der Waals surface area contributed by atoms with Crippen LogP contribution in [0.3, 0.4) is 0 Å².